The zero-order valence-corrected chi connectivity index (χ0v) is 16.4. The van der Waals surface area contributed by atoms with Gasteiger partial charge in [0.1, 0.15) is 5.82 Å². The fourth-order valence-corrected chi connectivity index (χ4v) is 3.89. The molecule has 0 unspecified atom stereocenters. The van der Waals surface area contributed by atoms with Gasteiger partial charge in [0.25, 0.3) is 0 Å². The van der Waals surface area contributed by atoms with E-state index in [0.717, 1.165) is 35.4 Å². The first-order valence-corrected chi connectivity index (χ1v) is 9.93. The molecule has 2 aliphatic rings. The summed E-state index contributed by atoms with van der Waals surface area (Å²) in [4.78, 5) is 17.7. The number of pyridine rings is 1. The molecule has 146 valence electrons. The Kier molecular flexibility index (Phi) is 4.40. The number of carbonyl (C=O) groups excluding carboxylic acids is 1. The highest BCUT2D eigenvalue weighted by Crippen LogP contribution is 2.51. The van der Waals surface area contributed by atoms with E-state index in [4.69, 9.17) is 21.1 Å². The van der Waals surface area contributed by atoms with Crippen molar-refractivity contribution < 1.29 is 14.3 Å². The molecule has 0 radical (unpaired) electrons. The number of hydrogen-bond acceptors (Lipinski definition) is 4. The van der Waals surface area contributed by atoms with Gasteiger partial charge in [-0.25, -0.2) is 4.98 Å². The fourth-order valence-electron chi connectivity index (χ4n) is 3.69. The Morgan fingerprint density at radius 1 is 1.03 bits per heavy atom. The first-order chi connectivity index (χ1) is 14.1. The quantitative estimate of drug-likeness (QED) is 0.665. The van der Waals surface area contributed by atoms with Crippen LogP contribution >= 0.6 is 11.6 Å². The number of nitrogens with one attached hydrogen (secondary N) is 1. The average Bonchev–Trinajstić information content (AvgIpc) is 3.41. The molecule has 5 rings (SSSR count). The summed E-state index contributed by atoms with van der Waals surface area (Å²) in [6, 6.07) is 19.1. The number of ether oxygens (including phenoxy) is 2. The standard InChI is InChI=1S/C23H19ClN2O3/c24-18-6-2-1-4-15(18)12-17-5-3-7-21(25-17)26-22(27)23(10-11-23)16-8-9-19-20(13-16)29-14-28-19/h1-9,13H,10-12,14H2,(H,25,26,27). The van der Waals surface area contributed by atoms with E-state index in [1.165, 1.54) is 0 Å². The van der Waals surface area contributed by atoms with Gasteiger partial charge in [-0.3, -0.25) is 4.79 Å². The van der Waals surface area contributed by atoms with Crippen LogP contribution in [-0.2, 0) is 16.6 Å². The molecule has 5 nitrogen and oxygen atoms in total. The molecule has 29 heavy (non-hydrogen) atoms. The normalized spacial score (nSPS) is 15.8. The third-order valence-electron chi connectivity index (χ3n) is 5.49. The van der Waals surface area contributed by atoms with E-state index in [-0.39, 0.29) is 12.7 Å². The first kappa shape index (κ1) is 18.0. The lowest BCUT2D eigenvalue weighted by molar-refractivity contribution is -0.118. The highest BCUT2D eigenvalue weighted by Gasteiger charge is 2.51. The van der Waals surface area contributed by atoms with Crippen LogP contribution in [0.2, 0.25) is 5.02 Å². The molecule has 0 saturated heterocycles. The van der Waals surface area contributed by atoms with E-state index < -0.39 is 5.41 Å². The largest absolute Gasteiger partial charge is 0.454 e. The molecule has 1 aromatic heterocycles. The second-order valence-electron chi connectivity index (χ2n) is 7.39. The lowest BCUT2D eigenvalue weighted by Gasteiger charge is -2.16. The lowest BCUT2D eigenvalue weighted by Crippen LogP contribution is -2.28. The number of rotatable bonds is 5. The van der Waals surface area contributed by atoms with Crippen molar-refractivity contribution in [2.45, 2.75) is 24.7 Å². The van der Waals surface area contributed by atoms with Crippen LogP contribution in [0.15, 0.2) is 60.7 Å². The van der Waals surface area contributed by atoms with Gasteiger partial charge < -0.3 is 14.8 Å². The number of anilines is 1. The van der Waals surface area contributed by atoms with Crippen LogP contribution in [0.25, 0.3) is 0 Å². The SMILES string of the molecule is O=C(Nc1cccc(Cc2ccccc2Cl)n1)C1(c2ccc3c(c2)OCO3)CC1. The Bertz CT molecular complexity index is 1090. The van der Waals surface area contributed by atoms with Crippen LogP contribution in [0.4, 0.5) is 5.82 Å². The topological polar surface area (TPSA) is 60.5 Å². The number of nitrogens with zero attached hydrogens (tertiary/aromatic N) is 1. The van der Waals surface area contributed by atoms with Gasteiger partial charge in [0.2, 0.25) is 12.7 Å². The molecule has 2 heterocycles. The van der Waals surface area contributed by atoms with Crippen molar-refractivity contribution in [3.8, 4) is 11.5 Å². The molecular weight excluding hydrogens is 388 g/mol. The zero-order valence-electron chi connectivity index (χ0n) is 15.7. The first-order valence-electron chi connectivity index (χ1n) is 9.55. The van der Waals surface area contributed by atoms with Gasteiger partial charge in [0.15, 0.2) is 11.5 Å². The van der Waals surface area contributed by atoms with Gasteiger partial charge in [0.05, 0.1) is 5.41 Å². The van der Waals surface area contributed by atoms with Crippen molar-refractivity contribution in [2.75, 3.05) is 12.1 Å². The molecule has 1 saturated carbocycles. The third kappa shape index (κ3) is 3.42. The zero-order chi connectivity index (χ0) is 19.8. The van der Waals surface area contributed by atoms with E-state index in [0.29, 0.717) is 23.0 Å². The fraction of sp³-hybridized carbons (Fsp3) is 0.217. The summed E-state index contributed by atoms with van der Waals surface area (Å²) in [5.74, 6) is 1.92. The lowest BCUT2D eigenvalue weighted by atomic mass is 9.94. The maximum absolute atomic E-state index is 13.1. The smallest absolute Gasteiger partial charge is 0.236 e. The molecule has 0 bridgehead atoms. The predicted molar refractivity (Wildman–Crippen MR) is 111 cm³/mol. The Labute approximate surface area is 173 Å². The number of amides is 1. The van der Waals surface area contributed by atoms with Crippen LogP contribution in [0.3, 0.4) is 0 Å². The molecule has 6 heteroatoms. The van der Waals surface area contributed by atoms with Gasteiger partial charge in [-0.05, 0) is 54.3 Å². The second kappa shape index (κ2) is 7.08. The third-order valence-corrected chi connectivity index (χ3v) is 5.86. The maximum Gasteiger partial charge on any atom is 0.236 e. The highest BCUT2D eigenvalue weighted by molar-refractivity contribution is 6.31. The number of aromatic nitrogens is 1. The Morgan fingerprint density at radius 2 is 1.86 bits per heavy atom. The highest BCUT2D eigenvalue weighted by atomic mass is 35.5. The van der Waals surface area contributed by atoms with Gasteiger partial charge in [0, 0.05) is 17.1 Å². The minimum absolute atomic E-state index is 0.0428. The number of carbonyl (C=O) groups is 1. The molecular formula is C23H19ClN2O3. The van der Waals surface area contributed by atoms with E-state index in [1.807, 2.05) is 60.7 Å². The summed E-state index contributed by atoms with van der Waals surface area (Å²) in [6.45, 7) is 0.222. The predicted octanol–water partition coefficient (Wildman–Crippen LogP) is 4.72. The second-order valence-corrected chi connectivity index (χ2v) is 7.79. The number of fused-ring (bicyclic) bond motifs is 1. The minimum atomic E-state index is -0.526. The minimum Gasteiger partial charge on any atom is -0.454 e. The van der Waals surface area contributed by atoms with E-state index in [9.17, 15) is 4.79 Å². The van der Waals surface area contributed by atoms with E-state index in [1.54, 1.807) is 0 Å². The average molecular weight is 407 g/mol. The van der Waals surface area contributed by atoms with Gasteiger partial charge in [-0.1, -0.05) is 41.9 Å². The Balaban J connectivity index is 1.34. The van der Waals surface area contributed by atoms with E-state index in [2.05, 4.69) is 10.3 Å². The molecule has 1 N–H and O–H groups in total. The van der Waals surface area contributed by atoms with Crippen molar-refractivity contribution in [3.63, 3.8) is 0 Å². The van der Waals surface area contributed by atoms with Crippen LogP contribution in [0.5, 0.6) is 11.5 Å². The van der Waals surface area contributed by atoms with Crippen molar-refractivity contribution in [1.29, 1.82) is 0 Å². The molecule has 2 aromatic carbocycles. The summed E-state index contributed by atoms with van der Waals surface area (Å²) >= 11 is 6.26. The number of halogens is 1. The Hall–Kier alpha value is -3.05. The number of hydrogen-bond donors (Lipinski definition) is 1. The summed E-state index contributed by atoms with van der Waals surface area (Å²) < 4.78 is 10.8. The van der Waals surface area contributed by atoms with Crippen molar-refractivity contribution in [3.05, 3.63) is 82.5 Å². The monoisotopic (exact) mass is 406 g/mol. The van der Waals surface area contributed by atoms with Gasteiger partial charge >= 0.3 is 0 Å². The van der Waals surface area contributed by atoms with Crippen molar-refractivity contribution >= 4 is 23.3 Å². The maximum atomic E-state index is 13.1. The molecule has 1 aliphatic carbocycles. The van der Waals surface area contributed by atoms with Crippen LogP contribution in [0.1, 0.15) is 29.7 Å². The number of benzene rings is 2. The summed E-state index contributed by atoms with van der Waals surface area (Å²) in [5, 5.41) is 3.71. The van der Waals surface area contributed by atoms with Crippen LogP contribution in [-0.4, -0.2) is 17.7 Å². The van der Waals surface area contributed by atoms with Crippen LogP contribution < -0.4 is 14.8 Å². The molecule has 1 fully saturated rings. The summed E-state index contributed by atoms with van der Waals surface area (Å²) in [6.07, 6.45) is 2.21. The van der Waals surface area contributed by atoms with Gasteiger partial charge in [-0.15, -0.1) is 0 Å². The molecule has 3 aromatic rings. The molecule has 0 spiro atoms. The molecule has 1 aliphatic heterocycles. The van der Waals surface area contributed by atoms with Crippen molar-refractivity contribution in [1.82, 2.24) is 4.98 Å². The molecule has 0 atom stereocenters. The molecule has 1 amide bonds. The van der Waals surface area contributed by atoms with Gasteiger partial charge in [-0.2, -0.15) is 0 Å². The van der Waals surface area contributed by atoms with E-state index >= 15 is 0 Å². The Morgan fingerprint density at radius 3 is 2.69 bits per heavy atom. The summed E-state index contributed by atoms with van der Waals surface area (Å²) in [7, 11) is 0. The summed E-state index contributed by atoms with van der Waals surface area (Å²) in [5.41, 5.74) is 2.28. The van der Waals surface area contributed by atoms with Crippen LogP contribution in [0, 0.1) is 0 Å². The van der Waals surface area contributed by atoms with Crippen molar-refractivity contribution in [2.24, 2.45) is 0 Å².